The van der Waals surface area contributed by atoms with Crippen LogP contribution in [0.15, 0.2) is 28.8 Å². The second kappa shape index (κ2) is 4.61. The van der Waals surface area contributed by atoms with Gasteiger partial charge < -0.3 is 9.26 Å². The van der Waals surface area contributed by atoms with Gasteiger partial charge in [-0.15, -0.1) is 0 Å². The Morgan fingerprint density at radius 2 is 2.06 bits per heavy atom. The van der Waals surface area contributed by atoms with Crippen molar-refractivity contribution < 1.29 is 9.26 Å². The smallest absolute Gasteiger partial charge is 0.250 e. The molecule has 82 valence electrons. The minimum atomic E-state index is 0.489. The Hall–Kier alpha value is -2.10. The zero-order chi connectivity index (χ0) is 11.4. The molecule has 2 rings (SSSR count). The van der Waals surface area contributed by atoms with Crippen LogP contribution in [0.1, 0.15) is 17.3 Å². The largest absolute Gasteiger partial charge is 0.496 e. The van der Waals surface area contributed by atoms with Gasteiger partial charge in [0.05, 0.1) is 7.11 Å². The third-order valence-electron chi connectivity index (χ3n) is 2.09. The fourth-order valence-electron chi connectivity index (χ4n) is 1.35. The molecule has 2 aromatic rings. The Labute approximate surface area is 93.6 Å². The third-order valence-corrected chi connectivity index (χ3v) is 2.09. The summed E-state index contributed by atoms with van der Waals surface area (Å²) in [5.41, 5.74) is 0.973. The summed E-state index contributed by atoms with van der Waals surface area (Å²) in [4.78, 5) is 4.08. The number of aromatic nitrogens is 2. The van der Waals surface area contributed by atoms with E-state index >= 15 is 0 Å². The van der Waals surface area contributed by atoms with Crippen molar-refractivity contribution in [1.82, 2.24) is 10.1 Å². The predicted octanol–water partition coefficient (Wildman–Crippen LogP) is 2.56. The Morgan fingerprint density at radius 1 is 1.25 bits per heavy atom. The van der Waals surface area contributed by atoms with Crippen LogP contribution in [0, 0.1) is 6.92 Å². The topological polar surface area (TPSA) is 48.2 Å². The number of para-hydroxylation sites is 1. The summed E-state index contributed by atoms with van der Waals surface area (Å²) in [6, 6.07) is 7.73. The molecular weight excluding hydrogens is 204 g/mol. The first-order valence-corrected chi connectivity index (χ1v) is 4.91. The van der Waals surface area contributed by atoms with Crippen molar-refractivity contribution >= 4 is 12.2 Å². The molecule has 0 aliphatic heterocycles. The van der Waals surface area contributed by atoms with Gasteiger partial charge in [-0.2, -0.15) is 4.98 Å². The Morgan fingerprint density at radius 3 is 2.75 bits per heavy atom. The molecular formula is C12H12N2O2. The minimum Gasteiger partial charge on any atom is -0.496 e. The van der Waals surface area contributed by atoms with Crippen molar-refractivity contribution in [2.75, 3.05) is 7.11 Å². The van der Waals surface area contributed by atoms with Crippen LogP contribution in [0.3, 0.4) is 0 Å². The molecule has 0 aliphatic rings. The molecule has 1 aromatic carbocycles. The van der Waals surface area contributed by atoms with E-state index in [-0.39, 0.29) is 0 Å². The van der Waals surface area contributed by atoms with E-state index in [2.05, 4.69) is 10.1 Å². The first kappa shape index (κ1) is 10.4. The highest BCUT2D eigenvalue weighted by atomic mass is 16.5. The van der Waals surface area contributed by atoms with Gasteiger partial charge in [0.25, 0.3) is 5.89 Å². The van der Waals surface area contributed by atoms with E-state index in [1.165, 1.54) is 0 Å². The number of methoxy groups -OCH3 is 1. The standard InChI is InChI=1S/C12H12N2O2/c1-9-13-12(16-14-9)8-7-10-5-3-4-6-11(10)15-2/h3-8H,1-2H3/b8-7+. The number of hydrogen-bond donors (Lipinski definition) is 0. The van der Waals surface area contributed by atoms with Gasteiger partial charge >= 0.3 is 0 Å². The summed E-state index contributed by atoms with van der Waals surface area (Å²) in [6.07, 6.45) is 3.64. The second-order valence-corrected chi connectivity index (χ2v) is 3.26. The molecule has 0 unspecified atom stereocenters. The molecule has 1 aromatic heterocycles. The Balaban J connectivity index is 2.23. The van der Waals surface area contributed by atoms with Crippen molar-refractivity contribution in [1.29, 1.82) is 0 Å². The van der Waals surface area contributed by atoms with E-state index < -0.39 is 0 Å². The van der Waals surface area contributed by atoms with Gasteiger partial charge in [0.1, 0.15) is 5.75 Å². The van der Waals surface area contributed by atoms with Crippen molar-refractivity contribution in [3.05, 3.63) is 41.5 Å². The van der Waals surface area contributed by atoms with Crippen molar-refractivity contribution in [2.24, 2.45) is 0 Å². The van der Waals surface area contributed by atoms with E-state index in [9.17, 15) is 0 Å². The van der Waals surface area contributed by atoms with Crippen LogP contribution in [0.5, 0.6) is 5.75 Å². The average Bonchev–Trinajstić information content (AvgIpc) is 2.73. The van der Waals surface area contributed by atoms with E-state index in [0.717, 1.165) is 11.3 Å². The Bertz CT molecular complexity index is 503. The van der Waals surface area contributed by atoms with Gasteiger partial charge in [0.2, 0.25) is 0 Å². The maximum atomic E-state index is 5.22. The molecule has 0 atom stereocenters. The van der Waals surface area contributed by atoms with Crippen LogP contribution in [-0.4, -0.2) is 17.3 Å². The van der Waals surface area contributed by atoms with Gasteiger partial charge in [0, 0.05) is 11.6 Å². The van der Waals surface area contributed by atoms with Crippen LogP contribution in [0.4, 0.5) is 0 Å². The monoisotopic (exact) mass is 216 g/mol. The van der Waals surface area contributed by atoms with Gasteiger partial charge in [-0.3, -0.25) is 0 Å². The van der Waals surface area contributed by atoms with Crippen LogP contribution >= 0.6 is 0 Å². The third kappa shape index (κ3) is 2.28. The number of nitrogens with zero attached hydrogens (tertiary/aromatic N) is 2. The summed E-state index contributed by atoms with van der Waals surface area (Å²) in [5.74, 6) is 1.93. The lowest BCUT2D eigenvalue weighted by molar-refractivity contribution is 0.405. The van der Waals surface area contributed by atoms with Crippen LogP contribution in [-0.2, 0) is 0 Å². The number of benzene rings is 1. The molecule has 0 radical (unpaired) electrons. The summed E-state index contributed by atoms with van der Waals surface area (Å²) >= 11 is 0. The zero-order valence-corrected chi connectivity index (χ0v) is 9.18. The van der Waals surface area contributed by atoms with Crippen molar-refractivity contribution in [3.8, 4) is 5.75 Å². The van der Waals surface area contributed by atoms with Crippen LogP contribution in [0.25, 0.3) is 12.2 Å². The van der Waals surface area contributed by atoms with Crippen molar-refractivity contribution in [3.63, 3.8) is 0 Å². The summed E-state index contributed by atoms with van der Waals surface area (Å²) < 4.78 is 10.2. The minimum absolute atomic E-state index is 0.489. The summed E-state index contributed by atoms with van der Waals surface area (Å²) in [5, 5.41) is 3.70. The SMILES string of the molecule is COc1ccccc1/C=C/c1nc(C)no1. The lowest BCUT2D eigenvalue weighted by atomic mass is 10.2. The lowest BCUT2D eigenvalue weighted by Gasteiger charge is -2.02. The van der Waals surface area contributed by atoms with Crippen molar-refractivity contribution in [2.45, 2.75) is 6.92 Å². The molecule has 0 spiro atoms. The summed E-state index contributed by atoms with van der Waals surface area (Å²) in [6.45, 7) is 1.78. The zero-order valence-electron chi connectivity index (χ0n) is 9.18. The molecule has 0 N–H and O–H groups in total. The van der Waals surface area contributed by atoms with E-state index in [4.69, 9.17) is 9.26 Å². The van der Waals surface area contributed by atoms with Crippen LogP contribution in [0.2, 0.25) is 0 Å². The summed E-state index contributed by atoms with van der Waals surface area (Å²) in [7, 11) is 1.64. The normalized spacial score (nSPS) is 10.9. The number of hydrogen-bond acceptors (Lipinski definition) is 4. The fourth-order valence-corrected chi connectivity index (χ4v) is 1.35. The van der Waals surface area contributed by atoms with Gasteiger partial charge in [-0.1, -0.05) is 23.4 Å². The average molecular weight is 216 g/mol. The molecule has 0 fully saturated rings. The highest BCUT2D eigenvalue weighted by Gasteiger charge is 1.99. The highest BCUT2D eigenvalue weighted by Crippen LogP contribution is 2.19. The molecule has 4 heteroatoms. The molecule has 4 nitrogen and oxygen atoms in total. The molecule has 0 amide bonds. The molecule has 0 bridgehead atoms. The quantitative estimate of drug-likeness (QED) is 0.791. The van der Waals surface area contributed by atoms with E-state index in [1.807, 2.05) is 30.3 Å². The maximum absolute atomic E-state index is 5.22. The fraction of sp³-hybridized carbons (Fsp3) is 0.167. The second-order valence-electron chi connectivity index (χ2n) is 3.26. The van der Waals surface area contributed by atoms with E-state index in [1.54, 1.807) is 20.1 Å². The van der Waals surface area contributed by atoms with Gasteiger partial charge in [-0.25, -0.2) is 0 Å². The van der Waals surface area contributed by atoms with Gasteiger partial charge in [-0.05, 0) is 19.1 Å². The Kier molecular flexibility index (Phi) is 3.00. The first-order chi connectivity index (χ1) is 7.79. The highest BCUT2D eigenvalue weighted by molar-refractivity contribution is 5.69. The van der Waals surface area contributed by atoms with Crippen LogP contribution < -0.4 is 4.74 Å². The molecule has 0 saturated heterocycles. The van der Waals surface area contributed by atoms with Gasteiger partial charge in [0.15, 0.2) is 5.82 Å². The predicted molar refractivity (Wildman–Crippen MR) is 61.0 cm³/mol. The molecule has 0 saturated carbocycles. The number of rotatable bonds is 3. The lowest BCUT2D eigenvalue weighted by Crippen LogP contribution is -1.85. The molecule has 16 heavy (non-hydrogen) atoms. The van der Waals surface area contributed by atoms with E-state index in [0.29, 0.717) is 11.7 Å². The molecule has 0 aliphatic carbocycles. The number of aryl methyl sites for hydroxylation is 1. The number of ether oxygens (including phenoxy) is 1. The molecule has 1 heterocycles. The maximum Gasteiger partial charge on any atom is 0.250 e. The first-order valence-electron chi connectivity index (χ1n) is 4.91.